The number of ether oxygens (including phenoxy) is 1. The van der Waals surface area contributed by atoms with Crippen molar-refractivity contribution in [3.63, 3.8) is 0 Å². The van der Waals surface area contributed by atoms with Gasteiger partial charge in [-0.2, -0.15) is 5.10 Å². The van der Waals surface area contributed by atoms with E-state index in [9.17, 15) is 4.79 Å². The molecule has 6 nitrogen and oxygen atoms in total. The van der Waals surface area contributed by atoms with Gasteiger partial charge in [-0.25, -0.2) is 4.68 Å². The van der Waals surface area contributed by atoms with Crippen molar-refractivity contribution in [3.8, 4) is 0 Å². The van der Waals surface area contributed by atoms with Crippen molar-refractivity contribution in [1.82, 2.24) is 14.8 Å². The maximum atomic E-state index is 12.6. The number of nitrogens with zero attached hydrogens (tertiary/aromatic N) is 3. The van der Waals surface area contributed by atoms with Crippen LogP contribution in [-0.2, 0) is 9.53 Å². The SMILES string of the molecule is O=C1Nc2ccccc2C1=Cc1ccc2c(C=Cc3ccccn3)nn(C3CCCCO3)c2c1. The predicted octanol–water partition coefficient (Wildman–Crippen LogP) is 5.79. The number of rotatable bonds is 4. The minimum Gasteiger partial charge on any atom is -0.356 e. The molecule has 0 spiro atoms. The Balaban J connectivity index is 1.44. The Bertz CT molecular complexity index is 1430. The van der Waals surface area contributed by atoms with Crippen LogP contribution in [0.5, 0.6) is 0 Å². The van der Waals surface area contributed by atoms with E-state index in [1.807, 2.05) is 71.4 Å². The Morgan fingerprint density at radius 1 is 1.03 bits per heavy atom. The molecule has 2 aliphatic rings. The number of amides is 1. The van der Waals surface area contributed by atoms with Gasteiger partial charge in [0.1, 0.15) is 0 Å². The molecule has 1 fully saturated rings. The predicted molar refractivity (Wildman–Crippen MR) is 135 cm³/mol. The van der Waals surface area contributed by atoms with Gasteiger partial charge in [-0.3, -0.25) is 9.78 Å². The molecular weight excluding hydrogens is 424 g/mol. The minimum absolute atomic E-state index is 0.0793. The van der Waals surface area contributed by atoms with E-state index < -0.39 is 0 Å². The molecule has 1 amide bonds. The molecule has 2 aromatic heterocycles. The van der Waals surface area contributed by atoms with Crippen LogP contribution in [0.25, 0.3) is 34.7 Å². The lowest BCUT2D eigenvalue weighted by Gasteiger charge is -2.23. The summed E-state index contributed by atoms with van der Waals surface area (Å²) in [7, 11) is 0. The number of hydrogen-bond acceptors (Lipinski definition) is 4. The Kier molecular flexibility index (Phi) is 5.28. The average Bonchev–Trinajstić information content (AvgIpc) is 3.41. The highest BCUT2D eigenvalue weighted by atomic mass is 16.5. The highest BCUT2D eigenvalue weighted by Crippen LogP contribution is 2.34. The molecule has 0 radical (unpaired) electrons. The fourth-order valence-corrected chi connectivity index (χ4v) is 4.62. The summed E-state index contributed by atoms with van der Waals surface area (Å²) in [6.07, 6.45) is 10.7. The van der Waals surface area contributed by atoms with E-state index in [0.717, 1.165) is 65.0 Å². The lowest BCUT2D eigenvalue weighted by atomic mass is 10.0. The van der Waals surface area contributed by atoms with E-state index in [-0.39, 0.29) is 12.1 Å². The topological polar surface area (TPSA) is 69.0 Å². The van der Waals surface area contributed by atoms with Gasteiger partial charge in [-0.05, 0) is 73.4 Å². The molecule has 4 aromatic rings. The molecule has 168 valence electrons. The molecule has 0 bridgehead atoms. The van der Waals surface area contributed by atoms with E-state index in [0.29, 0.717) is 5.57 Å². The minimum atomic E-state index is -0.0911. The van der Waals surface area contributed by atoms with Crippen molar-refractivity contribution in [1.29, 1.82) is 0 Å². The van der Waals surface area contributed by atoms with Gasteiger partial charge in [-0.15, -0.1) is 0 Å². The fraction of sp³-hybridized carbons (Fsp3) is 0.179. The summed E-state index contributed by atoms with van der Waals surface area (Å²) in [4.78, 5) is 17.0. The molecule has 0 aliphatic carbocycles. The van der Waals surface area contributed by atoms with E-state index in [1.54, 1.807) is 6.20 Å². The summed E-state index contributed by atoms with van der Waals surface area (Å²) in [5.74, 6) is -0.0793. The maximum absolute atomic E-state index is 12.6. The second-order valence-corrected chi connectivity index (χ2v) is 8.57. The first kappa shape index (κ1) is 20.6. The third kappa shape index (κ3) is 3.82. The Hall–Kier alpha value is -4.03. The van der Waals surface area contributed by atoms with Gasteiger partial charge >= 0.3 is 0 Å². The normalized spacial score (nSPS) is 19.1. The molecule has 4 heterocycles. The molecule has 6 rings (SSSR count). The zero-order valence-electron chi connectivity index (χ0n) is 18.6. The Labute approximate surface area is 197 Å². The fourth-order valence-electron chi connectivity index (χ4n) is 4.62. The standard InChI is InChI=1S/C28H24N4O2/c33-28-23(21-8-1-2-9-24(21)30-28)17-19-11-13-22-25(14-12-20-7-3-5-15-29-20)31-32(26(22)18-19)27-10-4-6-16-34-27/h1-3,5,7-9,11-15,17-18,27H,4,6,10,16H2,(H,30,33). The van der Waals surface area contributed by atoms with Crippen LogP contribution in [0, 0.1) is 0 Å². The van der Waals surface area contributed by atoms with Gasteiger partial charge in [0.2, 0.25) is 0 Å². The van der Waals surface area contributed by atoms with Crippen LogP contribution in [-0.4, -0.2) is 27.3 Å². The number of nitrogens with one attached hydrogen (secondary N) is 1. The molecule has 2 aliphatic heterocycles. The van der Waals surface area contributed by atoms with Crippen molar-refractivity contribution < 1.29 is 9.53 Å². The number of para-hydroxylation sites is 1. The molecule has 2 aromatic carbocycles. The smallest absolute Gasteiger partial charge is 0.256 e. The molecule has 1 atom stereocenters. The Morgan fingerprint density at radius 3 is 2.79 bits per heavy atom. The molecule has 1 unspecified atom stereocenters. The summed E-state index contributed by atoms with van der Waals surface area (Å²) in [5, 5.41) is 8.92. The maximum Gasteiger partial charge on any atom is 0.256 e. The van der Waals surface area contributed by atoms with Crippen LogP contribution >= 0.6 is 0 Å². The average molecular weight is 449 g/mol. The van der Waals surface area contributed by atoms with Gasteiger partial charge in [0.25, 0.3) is 5.91 Å². The number of pyridine rings is 1. The number of benzene rings is 2. The monoisotopic (exact) mass is 448 g/mol. The number of aromatic nitrogens is 3. The summed E-state index contributed by atoms with van der Waals surface area (Å²) >= 11 is 0. The second-order valence-electron chi connectivity index (χ2n) is 8.57. The van der Waals surface area contributed by atoms with Crippen LogP contribution in [0.4, 0.5) is 5.69 Å². The summed E-state index contributed by atoms with van der Waals surface area (Å²) in [6.45, 7) is 0.742. The number of carbonyl (C=O) groups is 1. The van der Waals surface area contributed by atoms with Gasteiger partial charge < -0.3 is 10.1 Å². The van der Waals surface area contributed by atoms with E-state index >= 15 is 0 Å². The van der Waals surface area contributed by atoms with Gasteiger partial charge in [-0.1, -0.05) is 30.3 Å². The first-order chi connectivity index (χ1) is 16.8. The molecule has 6 heteroatoms. The number of carbonyl (C=O) groups excluding carboxylic acids is 1. The summed E-state index contributed by atoms with van der Waals surface area (Å²) in [5.41, 5.74) is 6.15. The van der Waals surface area contributed by atoms with Crippen LogP contribution in [0.2, 0.25) is 0 Å². The first-order valence-electron chi connectivity index (χ1n) is 11.6. The Morgan fingerprint density at radius 2 is 1.94 bits per heavy atom. The van der Waals surface area contributed by atoms with Crippen molar-refractivity contribution in [2.45, 2.75) is 25.5 Å². The molecule has 0 saturated carbocycles. The van der Waals surface area contributed by atoms with Crippen LogP contribution in [0.1, 0.15) is 48.0 Å². The highest BCUT2D eigenvalue weighted by Gasteiger charge is 2.24. The number of hydrogen-bond donors (Lipinski definition) is 1. The summed E-state index contributed by atoms with van der Waals surface area (Å²) in [6, 6.07) is 19.8. The van der Waals surface area contributed by atoms with Crippen molar-refractivity contribution in [2.75, 3.05) is 11.9 Å². The lowest BCUT2D eigenvalue weighted by Crippen LogP contribution is -2.19. The van der Waals surface area contributed by atoms with E-state index in [4.69, 9.17) is 9.84 Å². The lowest BCUT2D eigenvalue weighted by molar-refractivity contribution is -0.110. The third-order valence-electron chi connectivity index (χ3n) is 6.31. The van der Waals surface area contributed by atoms with Crippen LogP contribution in [0.15, 0.2) is 66.9 Å². The van der Waals surface area contributed by atoms with Crippen molar-refractivity contribution in [2.24, 2.45) is 0 Å². The van der Waals surface area contributed by atoms with E-state index in [1.165, 1.54) is 0 Å². The zero-order chi connectivity index (χ0) is 22.9. The van der Waals surface area contributed by atoms with Gasteiger partial charge in [0.15, 0.2) is 6.23 Å². The van der Waals surface area contributed by atoms with Crippen molar-refractivity contribution >= 4 is 46.3 Å². The zero-order valence-corrected chi connectivity index (χ0v) is 18.6. The second kappa shape index (κ2) is 8.72. The number of fused-ring (bicyclic) bond motifs is 2. The molecule has 1 N–H and O–H groups in total. The van der Waals surface area contributed by atoms with E-state index in [2.05, 4.69) is 22.4 Å². The first-order valence-corrected chi connectivity index (χ1v) is 11.6. The van der Waals surface area contributed by atoms with Crippen LogP contribution < -0.4 is 5.32 Å². The highest BCUT2D eigenvalue weighted by molar-refractivity contribution is 6.34. The third-order valence-corrected chi connectivity index (χ3v) is 6.31. The summed E-state index contributed by atoms with van der Waals surface area (Å²) < 4.78 is 8.07. The number of anilines is 1. The molecule has 34 heavy (non-hydrogen) atoms. The van der Waals surface area contributed by atoms with Gasteiger partial charge in [0, 0.05) is 35.0 Å². The quantitative estimate of drug-likeness (QED) is 0.401. The largest absolute Gasteiger partial charge is 0.356 e. The van der Waals surface area contributed by atoms with Gasteiger partial charge in [0.05, 0.1) is 16.9 Å². The van der Waals surface area contributed by atoms with Crippen molar-refractivity contribution in [3.05, 3.63) is 89.4 Å². The van der Waals surface area contributed by atoms with Crippen LogP contribution in [0.3, 0.4) is 0 Å². The molecule has 1 saturated heterocycles. The molecular formula is C28H24N4O2.